The summed E-state index contributed by atoms with van der Waals surface area (Å²) in [5.41, 5.74) is 10.2. The summed E-state index contributed by atoms with van der Waals surface area (Å²) in [6.07, 6.45) is 9.11. The van der Waals surface area contributed by atoms with Crippen molar-refractivity contribution in [2.75, 3.05) is 7.05 Å². The molecule has 1 fully saturated rings. The Labute approximate surface area is 179 Å². The molecule has 0 atom stereocenters. The summed E-state index contributed by atoms with van der Waals surface area (Å²) in [6, 6.07) is 3.86. The standard InChI is InChI=1S/C22H35N7O/c1-15(2)12-17-13-29(27-26-17)14-20(28(4)24)22(23)19-10-11-21(16(3)25-19)30-18-8-6-5-7-9-18/h10-11,13,15,18H,5-9,12,14,23-24H2,1-4H3/b22-20-. The van der Waals surface area contributed by atoms with Crippen LogP contribution in [-0.2, 0) is 13.0 Å². The first kappa shape index (κ1) is 22.1. The van der Waals surface area contributed by atoms with E-state index in [1.807, 2.05) is 25.3 Å². The number of aryl methyl sites for hydroxylation is 1. The zero-order valence-corrected chi connectivity index (χ0v) is 18.6. The predicted molar refractivity (Wildman–Crippen MR) is 118 cm³/mol. The highest BCUT2D eigenvalue weighted by molar-refractivity contribution is 5.63. The average molecular weight is 414 g/mol. The van der Waals surface area contributed by atoms with E-state index in [9.17, 15) is 0 Å². The molecule has 30 heavy (non-hydrogen) atoms. The average Bonchev–Trinajstić information content (AvgIpc) is 3.14. The molecular formula is C22H35N7O. The lowest BCUT2D eigenvalue weighted by Crippen LogP contribution is -2.30. The van der Waals surface area contributed by atoms with E-state index in [1.165, 1.54) is 24.3 Å². The van der Waals surface area contributed by atoms with Crippen LogP contribution < -0.4 is 16.3 Å². The molecule has 3 rings (SSSR count). The van der Waals surface area contributed by atoms with Gasteiger partial charge in [0, 0.05) is 13.2 Å². The van der Waals surface area contributed by atoms with E-state index in [0.29, 0.717) is 23.9 Å². The summed E-state index contributed by atoms with van der Waals surface area (Å²) in [6.45, 7) is 6.69. The Morgan fingerprint density at radius 2 is 2.00 bits per heavy atom. The van der Waals surface area contributed by atoms with E-state index in [0.717, 1.165) is 42.1 Å². The minimum Gasteiger partial charge on any atom is -0.489 e. The Bertz CT molecular complexity index is 866. The Kier molecular flexibility index (Phi) is 7.31. The minimum atomic E-state index is 0.288. The third-order valence-corrected chi connectivity index (χ3v) is 5.41. The maximum absolute atomic E-state index is 6.47. The van der Waals surface area contributed by atoms with E-state index in [2.05, 4.69) is 24.2 Å². The minimum absolute atomic E-state index is 0.288. The van der Waals surface area contributed by atoms with Crippen LogP contribution >= 0.6 is 0 Å². The number of ether oxygens (including phenoxy) is 1. The zero-order valence-electron chi connectivity index (χ0n) is 18.6. The second-order valence-electron chi connectivity index (χ2n) is 8.63. The quantitative estimate of drug-likeness (QED) is 0.506. The molecule has 4 N–H and O–H groups in total. The highest BCUT2D eigenvalue weighted by atomic mass is 16.5. The summed E-state index contributed by atoms with van der Waals surface area (Å²) >= 11 is 0. The van der Waals surface area contributed by atoms with Crippen molar-refractivity contribution in [3.8, 4) is 5.75 Å². The largest absolute Gasteiger partial charge is 0.489 e. The molecule has 0 amide bonds. The topological polar surface area (TPSA) is 108 Å². The number of nitrogens with two attached hydrogens (primary N) is 2. The summed E-state index contributed by atoms with van der Waals surface area (Å²) in [4.78, 5) is 4.69. The van der Waals surface area contributed by atoms with Crippen LogP contribution in [-0.4, -0.2) is 38.1 Å². The van der Waals surface area contributed by atoms with E-state index in [-0.39, 0.29) is 6.10 Å². The van der Waals surface area contributed by atoms with Gasteiger partial charge in [-0.3, -0.25) is 0 Å². The fourth-order valence-corrected chi connectivity index (χ4v) is 3.80. The predicted octanol–water partition coefficient (Wildman–Crippen LogP) is 3.02. The number of aromatic nitrogens is 4. The number of hydrogen-bond acceptors (Lipinski definition) is 7. The van der Waals surface area contributed by atoms with Crippen LogP contribution in [0.3, 0.4) is 0 Å². The third-order valence-electron chi connectivity index (χ3n) is 5.41. The molecule has 8 nitrogen and oxygen atoms in total. The van der Waals surface area contributed by atoms with E-state index in [1.54, 1.807) is 11.7 Å². The lowest BCUT2D eigenvalue weighted by molar-refractivity contribution is 0.153. The van der Waals surface area contributed by atoms with Crippen molar-refractivity contribution in [1.82, 2.24) is 25.0 Å². The fraction of sp³-hybridized carbons (Fsp3) is 0.591. The van der Waals surface area contributed by atoms with Gasteiger partial charge in [0.15, 0.2) is 0 Å². The molecule has 1 saturated carbocycles. The lowest BCUT2D eigenvalue weighted by Gasteiger charge is -2.24. The summed E-state index contributed by atoms with van der Waals surface area (Å²) in [5.74, 6) is 7.43. The van der Waals surface area contributed by atoms with Crippen LogP contribution in [0.25, 0.3) is 5.70 Å². The molecule has 0 bridgehead atoms. The van der Waals surface area contributed by atoms with Gasteiger partial charge in [-0.25, -0.2) is 15.5 Å². The Balaban J connectivity index is 1.78. The van der Waals surface area contributed by atoms with Gasteiger partial charge >= 0.3 is 0 Å². The smallest absolute Gasteiger partial charge is 0.140 e. The summed E-state index contributed by atoms with van der Waals surface area (Å²) in [7, 11) is 1.77. The zero-order chi connectivity index (χ0) is 21.7. The van der Waals surface area contributed by atoms with Crippen LogP contribution in [0.4, 0.5) is 0 Å². The molecule has 1 aliphatic rings. The molecule has 2 aromatic rings. The number of rotatable bonds is 8. The number of likely N-dealkylation sites (N-methyl/N-ethyl adjacent to an activating group) is 1. The molecule has 0 unspecified atom stereocenters. The number of pyridine rings is 1. The van der Waals surface area contributed by atoms with Crippen molar-refractivity contribution in [1.29, 1.82) is 0 Å². The van der Waals surface area contributed by atoms with Crippen LogP contribution in [0.2, 0.25) is 0 Å². The molecule has 8 heteroatoms. The highest BCUT2D eigenvalue weighted by Gasteiger charge is 2.18. The van der Waals surface area contributed by atoms with Gasteiger partial charge in [-0.2, -0.15) is 0 Å². The van der Waals surface area contributed by atoms with Gasteiger partial charge in [0.1, 0.15) is 5.75 Å². The highest BCUT2D eigenvalue weighted by Crippen LogP contribution is 2.26. The van der Waals surface area contributed by atoms with E-state index >= 15 is 0 Å². The first-order valence-electron chi connectivity index (χ1n) is 10.8. The summed E-state index contributed by atoms with van der Waals surface area (Å²) < 4.78 is 7.94. The van der Waals surface area contributed by atoms with Crippen LogP contribution in [0.1, 0.15) is 63.0 Å². The van der Waals surface area contributed by atoms with Crippen molar-refractivity contribution in [2.24, 2.45) is 17.5 Å². The van der Waals surface area contributed by atoms with Gasteiger partial charge in [-0.1, -0.05) is 25.5 Å². The molecule has 0 aromatic carbocycles. The molecule has 164 valence electrons. The molecule has 0 aliphatic heterocycles. The SMILES string of the molecule is Cc1nc(/C(N)=C(\Cn2cc(CC(C)C)nn2)N(C)N)ccc1OC1CCCCC1. The number of nitrogens with zero attached hydrogens (tertiary/aromatic N) is 5. The van der Waals surface area contributed by atoms with Gasteiger partial charge in [0.05, 0.1) is 41.1 Å². The number of hydrazine groups is 1. The Morgan fingerprint density at radius 1 is 1.27 bits per heavy atom. The van der Waals surface area contributed by atoms with E-state index in [4.69, 9.17) is 21.3 Å². The van der Waals surface area contributed by atoms with Gasteiger partial charge in [-0.05, 0) is 57.1 Å². The molecule has 2 aromatic heterocycles. The van der Waals surface area contributed by atoms with Crippen molar-refractivity contribution in [3.63, 3.8) is 0 Å². The van der Waals surface area contributed by atoms with Gasteiger partial charge < -0.3 is 15.5 Å². The fourth-order valence-electron chi connectivity index (χ4n) is 3.80. The maximum Gasteiger partial charge on any atom is 0.140 e. The van der Waals surface area contributed by atoms with Crippen LogP contribution in [0.5, 0.6) is 5.75 Å². The molecule has 1 aliphatic carbocycles. The monoisotopic (exact) mass is 413 g/mol. The van der Waals surface area contributed by atoms with Crippen molar-refractivity contribution >= 4 is 5.70 Å². The Hall–Kier alpha value is -2.61. The number of allylic oxidation sites excluding steroid dienone is 1. The van der Waals surface area contributed by atoms with Crippen molar-refractivity contribution in [3.05, 3.63) is 41.1 Å². The molecule has 2 heterocycles. The van der Waals surface area contributed by atoms with E-state index < -0.39 is 0 Å². The number of hydrogen-bond donors (Lipinski definition) is 2. The molecule has 0 radical (unpaired) electrons. The first-order chi connectivity index (χ1) is 14.3. The second kappa shape index (κ2) is 9.93. The van der Waals surface area contributed by atoms with Gasteiger partial charge in [0.2, 0.25) is 0 Å². The normalized spacial score (nSPS) is 15.9. The van der Waals surface area contributed by atoms with Crippen LogP contribution in [0.15, 0.2) is 24.0 Å². The first-order valence-corrected chi connectivity index (χ1v) is 10.8. The maximum atomic E-state index is 6.47. The van der Waals surface area contributed by atoms with Crippen molar-refractivity contribution in [2.45, 2.75) is 71.9 Å². The Morgan fingerprint density at radius 3 is 2.63 bits per heavy atom. The molecular weight excluding hydrogens is 378 g/mol. The second-order valence-corrected chi connectivity index (χ2v) is 8.63. The van der Waals surface area contributed by atoms with Gasteiger partial charge in [0.25, 0.3) is 0 Å². The van der Waals surface area contributed by atoms with Crippen molar-refractivity contribution < 1.29 is 4.74 Å². The van der Waals surface area contributed by atoms with Crippen LogP contribution in [0, 0.1) is 12.8 Å². The summed E-state index contributed by atoms with van der Waals surface area (Å²) in [5, 5.41) is 9.97. The lowest BCUT2D eigenvalue weighted by atomic mass is 9.98. The molecule has 0 saturated heterocycles. The molecule has 0 spiro atoms. The third kappa shape index (κ3) is 5.72. The van der Waals surface area contributed by atoms with Gasteiger partial charge in [-0.15, -0.1) is 5.10 Å².